The Balaban J connectivity index is 2.14. The third kappa shape index (κ3) is 3.39. The Morgan fingerprint density at radius 3 is 2.50 bits per heavy atom. The van der Waals surface area contributed by atoms with E-state index in [1.807, 2.05) is 0 Å². The molecule has 0 spiro atoms. The monoisotopic (exact) mass is 280 g/mol. The SMILES string of the molecule is CCC1(C)CN(C2CCC(C)CC2C)C(C(C)C)CN1. The Morgan fingerprint density at radius 2 is 1.95 bits per heavy atom. The molecule has 1 heterocycles. The van der Waals surface area contributed by atoms with Gasteiger partial charge < -0.3 is 5.32 Å². The molecule has 1 aliphatic heterocycles. The quantitative estimate of drug-likeness (QED) is 0.843. The highest BCUT2D eigenvalue weighted by Crippen LogP contribution is 2.36. The molecule has 2 heteroatoms. The number of nitrogens with zero attached hydrogens (tertiary/aromatic N) is 1. The summed E-state index contributed by atoms with van der Waals surface area (Å²) in [7, 11) is 0. The Labute approximate surface area is 126 Å². The first-order valence-electron chi connectivity index (χ1n) is 8.87. The van der Waals surface area contributed by atoms with E-state index in [0.29, 0.717) is 5.54 Å². The second-order valence-corrected chi connectivity index (χ2v) is 8.24. The lowest BCUT2D eigenvalue weighted by molar-refractivity contribution is -0.0133. The fraction of sp³-hybridized carbons (Fsp3) is 1.00. The highest BCUT2D eigenvalue weighted by Gasteiger charge is 2.41. The average Bonchev–Trinajstić information content (AvgIpc) is 2.38. The largest absolute Gasteiger partial charge is 0.309 e. The number of nitrogens with one attached hydrogen (secondary N) is 1. The molecule has 0 aromatic carbocycles. The fourth-order valence-electron chi connectivity index (χ4n) is 4.41. The van der Waals surface area contributed by atoms with Gasteiger partial charge in [-0.2, -0.15) is 0 Å². The first kappa shape index (κ1) is 16.3. The van der Waals surface area contributed by atoms with Crippen molar-refractivity contribution in [2.45, 2.75) is 84.8 Å². The summed E-state index contributed by atoms with van der Waals surface area (Å²) in [6.45, 7) is 16.8. The second kappa shape index (κ2) is 6.36. The number of hydrogen-bond donors (Lipinski definition) is 1. The van der Waals surface area contributed by atoms with Gasteiger partial charge in [0.25, 0.3) is 0 Å². The lowest BCUT2D eigenvalue weighted by atomic mass is 9.77. The molecule has 2 rings (SSSR count). The van der Waals surface area contributed by atoms with E-state index in [-0.39, 0.29) is 0 Å². The molecule has 0 aromatic heterocycles. The summed E-state index contributed by atoms with van der Waals surface area (Å²) in [6, 6.07) is 1.53. The standard InChI is InChI=1S/C18H36N2/c1-7-18(6)12-20(17(11-19-18)13(2)3)16-9-8-14(4)10-15(16)5/h13-17,19H,7-12H2,1-6H3. The molecular formula is C18H36N2. The van der Waals surface area contributed by atoms with Crippen molar-refractivity contribution in [3.05, 3.63) is 0 Å². The van der Waals surface area contributed by atoms with Crippen molar-refractivity contribution in [1.29, 1.82) is 0 Å². The smallest absolute Gasteiger partial charge is 0.0278 e. The zero-order chi connectivity index (χ0) is 14.9. The molecule has 0 radical (unpaired) electrons. The van der Waals surface area contributed by atoms with Gasteiger partial charge in [0.15, 0.2) is 0 Å². The molecule has 2 fully saturated rings. The van der Waals surface area contributed by atoms with Crippen molar-refractivity contribution < 1.29 is 0 Å². The van der Waals surface area contributed by atoms with Crippen LogP contribution in [0.2, 0.25) is 0 Å². The van der Waals surface area contributed by atoms with Crippen LogP contribution in [0.1, 0.15) is 67.2 Å². The third-order valence-electron chi connectivity index (χ3n) is 6.06. The van der Waals surface area contributed by atoms with Crippen LogP contribution in [0.4, 0.5) is 0 Å². The van der Waals surface area contributed by atoms with Crippen LogP contribution in [0.15, 0.2) is 0 Å². The van der Waals surface area contributed by atoms with Crippen molar-refractivity contribution in [1.82, 2.24) is 10.2 Å². The molecule has 1 saturated carbocycles. The Hall–Kier alpha value is -0.0800. The molecule has 5 unspecified atom stereocenters. The molecule has 20 heavy (non-hydrogen) atoms. The van der Waals surface area contributed by atoms with E-state index in [0.717, 1.165) is 29.8 Å². The zero-order valence-electron chi connectivity index (χ0n) is 14.6. The summed E-state index contributed by atoms with van der Waals surface area (Å²) >= 11 is 0. The Morgan fingerprint density at radius 1 is 1.25 bits per heavy atom. The molecule has 118 valence electrons. The molecule has 2 nitrogen and oxygen atoms in total. The molecular weight excluding hydrogens is 244 g/mol. The normalized spacial score (nSPS) is 44.0. The predicted octanol–water partition coefficient (Wildman–Crippen LogP) is 3.91. The van der Waals surface area contributed by atoms with Gasteiger partial charge in [0.1, 0.15) is 0 Å². The molecule has 1 N–H and O–H groups in total. The maximum Gasteiger partial charge on any atom is 0.0278 e. The molecule has 0 aromatic rings. The van der Waals surface area contributed by atoms with Crippen LogP contribution < -0.4 is 5.32 Å². The van der Waals surface area contributed by atoms with Gasteiger partial charge in [-0.05, 0) is 50.4 Å². The van der Waals surface area contributed by atoms with Gasteiger partial charge >= 0.3 is 0 Å². The van der Waals surface area contributed by atoms with E-state index in [2.05, 4.69) is 51.8 Å². The topological polar surface area (TPSA) is 15.3 Å². The Bertz CT molecular complexity index is 315. The minimum absolute atomic E-state index is 0.314. The zero-order valence-corrected chi connectivity index (χ0v) is 14.6. The summed E-state index contributed by atoms with van der Waals surface area (Å²) in [5.41, 5.74) is 0.314. The van der Waals surface area contributed by atoms with Crippen LogP contribution in [-0.4, -0.2) is 35.6 Å². The van der Waals surface area contributed by atoms with Gasteiger partial charge in [0, 0.05) is 30.7 Å². The van der Waals surface area contributed by atoms with Gasteiger partial charge in [-0.15, -0.1) is 0 Å². The molecule has 2 aliphatic rings. The average molecular weight is 280 g/mol. The van der Waals surface area contributed by atoms with Crippen LogP contribution in [0.3, 0.4) is 0 Å². The van der Waals surface area contributed by atoms with Crippen LogP contribution in [0.5, 0.6) is 0 Å². The highest BCUT2D eigenvalue weighted by molar-refractivity contribution is 4.99. The number of hydrogen-bond acceptors (Lipinski definition) is 2. The van der Waals surface area contributed by atoms with E-state index in [1.54, 1.807) is 0 Å². The fourth-order valence-corrected chi connectivity index (χ4v) is 4.41. The predicted molar refractivity (Wildman–Crippen MR) is 88.0 cm³/mol. The summed E-state index contributed by atoms with van der Waals surface area (Å²) < 4.78 is 0. The van der Waals surface area contributed by atoms with E-state index < -0.39 is 0 Å². The molecule has 1 saturated heterocycles. The first-order chi connectivity index (χ1) is 9.36. The van der Waals surface area contributed by atoms with Crippen LogP contribution in [-0.2, 0) is 0 Å². The van der Waals surface area contributed by atoms with Crippen molar-refractivity contribution >= 4 is 0 Å². The van der Waals surface area contributed by atoms with E-state index in [1.165, 1.54) is 38.8 Å². The minimum Gasteiger partial charge on any atom is -0.309 e. The van der Waals surface area contributed by atoms with Crippen LogP contribution in [0.25, 0.3) is 0 Å². The van der Waals surface area contributed by atoms with E-state index in [4.69, 9.17) is 0 Å². The van der Waals surface area contributed by atoms with Gasteiger partial charge in [-0.1, -0.05) is 34.6 Å². The molecule has 0 amide bonds. The van der Waals surface area contributed by atoms with Crippen LogP contribution >= 0.6 is 0 Å². The summed E-state index contributed by atoms with van der Waals surface area (Å²) in [5, 5.41) is 3.83. The molecule has 1 aliphatic carbocycles. The van der Waals surface area contributed by atoms with Crippen molar-refractivity contribution in [2.24, 2.45) is 17.8 Å². The van der Waals surface area contributed by atoms with Crippen molar-refractivity contribution in [2.75, 3.05) is 13.1 Å². The minimum atomic E-state index is 0.314. The van der Waals surface area contributed by atoms with Crippen molar-refractivity contribution in [3.8, 4) is 0 Å². The third-order valence-corrected chi connectivity index (χ3v) is 6.06. The lowest BCUT2D eigenvalue weighted by Gasteiger charge is -2.53. The van der Waals surface area contributed by atoms with Gasteiger partial charge in [0.2, 0.25) is 0 Å². The van der Waals surface area contributed by atoms with Crippen LogP contribution in [0, 0.1) is 17.8 Å². The Kier molecular flexibility index (Phi) is 5.18. The second-order valence-electron chi connectivity index (χ2n) is 8.24. The maximum absolute atomic E-state index is 3.83. The van der Waals surface area contributed by atoms with E-state index in [9.17, 15) is 0 Å². The molecule has 5 atom stereocenters. The van der Waals surface area contributed by atoms with Gasteiger partial charge in [0.05, 0.1) is 0 Å². The highest BCUT2D eigenvalue weighted by atomic mass is 15.3. The van der Waals surface area contributed by atoms with Gasteiger partial charge in [-0.25, -0.2) is 0 Å². The molecule has 0 bridgehead atoms. The van der Waals surface area contributed by atoms with Crippen molar-refractivity contribution in [3.63, 3.8) is 0 Å². The number of rotatable bonds is 3. The number of piperazine rings is 1. The first-order valence-corrected chi connectivity index (χ1v) is 8.87. The lowest BCUT2D eigenvalue weighted by Crippen LogP contribution is -2.67. The van der Waals surface area contributed by atoms with Gasteiger partial charge in [-0.3, -0.25) is 4.90 Å². The summed E-state index contributed by atoms with van der Waals surface area (Å²) in [5.74, 6) is 2.54. The maximum atomic E-state index is 3.83. The summed E-state index contributed by atoms with van der Waals surface area (Å²) in [4.78, 5) is 2.89. The van der Waals surface area contributed by atoms with E-state index >= 15 is 0 Å². The summed E-state index contributed by atoms with van der Waals surface area (Å²) in [6.07, 6.45) is 5.48.